The minimum atomic E-state index is -0.584. The van der Waals surface area contributed by atoms with Crippen molar-refractivity contribution >= 4 is 60.1 Å². The second-order valence-corrected chi connectivity index (χ2v) is 8.08. The minimum absolute atomic E-state index is 0. The molecule has 0 radical (unpaired) electrons. The van der Waals surface area contributed by atoms with E-state index in [2.05, 4.69) is 5.32 Å². The molecule has 0 spiro atoms. The lowest BCUT2D eigenvalue weighted by molar-refractivity contribution is -0.148. The van der Waals surface area contributed by atoms with Gasteiger partial charge in [0.05, 0.1) is 18.3 Å². The Labute approximate surface area is 206 Å². The van der Waals surface area contributed by atoms with E-state index in [1.807, 2.05) is 24.3 Å². The molecule has 0 saturated carbocycles. The molecule has 2 atom stereocenters. The number of unbranched alkanes of at least 4 members (excludes halogenated alkanes) is 2. The number of hydrogen-bond acceptors (Lipinski definition) is 8. The highest BCUT2D eigenvalue weighted by Crippen LogP contribution is 2.34. The van der Waals surface area contributed by atoms with Gasteiger partial charge in [0.25, 0.3) is 0 Å². The first-order valence-corrected chi connectivity index (χ1v) is 11.3. The fraction of sp³-hybridized carbons (Fsp3) is 0.571. The van der Waals surface area contributed by atoms with Crippen LogP contribution in [0.15, 0.2) is 29.2 Å². The van der Waals surface area contributed by atoms with Gasteiger partial charge in [-0.15, -0.1) is 36.6 Å². The molecule has 1 aromatic carbocycles. The van der Waals surface area contributed by atoms with Gasteiger partial charge in [-0.1, -0.05) is 18.6 Å². The van der Waals surface area contributed by atoms with Gasteiger partial charge >= 0.3 is 11.9 Å². The summed E-state index contributed by atoms with van der Waals surface area (Å²) in [4.78, 5) is 39.1. The number of fused-ring (bicyclic) bond motifs is 1. The average molecular weight is 510 g/mol. The number of carbonyl (C=O) groups is 3. The Balaban J connectivity index is 0.00000480. The van der Waals surface area contributed by atoms with Crippen LogP contribution in [0.1, 0.15) is 39.5 Å². The van der Waals surface area contributed by atoms with Crippen LogP contribution in [0.4, 0.5) is 5.69 Å². The highest BCUT2D eigenvalue weighted by Gasteiger charge is 2.31. The number of ether oxygens (including phenoxy) is 2. The van der Waals surface area contributed by atoms with Crippen molar-refractivity contribution in [1.29, 1.82) is 0 Å². The van der Waals surface area contributed by atoms with Crippen LogP contribution in [0.25, 0.3) is 0 Å². The molecular formula is C21H33Cl2N3O5S. The normalized spacial score (nSPS) is 16.0. The lowest BCUT2D eigenvalue weighted by atomic mass is 10.2. The topological polar surface area (TPSA) is 111 Å². The third-order valence-electron chi connectivity index (χ3n) is 4.48. The number of thioether (sulfide) groups is 1. The number of rotatable bonds is 11. The first-order valence-electron chi connectivity index (χ1n) is 10.3. The van der Waals surface area contributed by atoms with Crippen molar-refractivity contribution in [2.24, 2.45) is 5.73 Å². The van der Waals surface area contributed by atoms with Gasteiger partial charge in [0.1, 0.15) is 12.8 Å². The van der Waals surface area contributed by atoms with Crippen molar-refractivity contribution in [2.75, 3.05) is 30.3 Å². The standard InChI is InChI=1S/C21H31N3O5S.2ClH/c1-3-28-20(26)13-24-17-9-6-7-10-18(17)30-14-16(21(24)27)23-12-8-4-5-11-19(25)29-15(2)22;;/h6-7,9-10,15-16,23H,3-5,8,11-14,22H2,1-2H3;2*1H. The van der Waals surface area contributed by atoms with E-state index < -0.39 is 18.2 Å². The number of nitrogens with two attached hydrogens (primary N) is 1. The Hall–Kier alpha value is -1.52. The number of para-hydroxylation sites is 1. The lowest BCUT2D eigenvalue weighted by Gasteiger charge is -2.25. The SMILES string of the molecule is CCOC(=O)CN1C(=O)C(NCCCCCC(=O)OC(C)N)CSc2ccccc21.Cl.Cl. The Bertz CT molecular complexity index is 739. The van der Waals surface area contributed by atoms with Crippen LogP contribution in [0.5, 0.6) is 0 Å². The summed E-state index contributed by atoms with van der Waals surface area (Å²) in [6.45, 7) is 4.17. The second kappa shape index (κ2) is 16.1. The number of nitrogens with one attached hydrogen (secondary N) is 1. The van der Waals surface area contributed by atoms with E-state index in [1.54, 1.807) is 25.6 Å². The van der Waals surface area contributed by atoms with Crippen LogP contribution >= 0.6 is 36.6 Å². The summed E-state index contributed by atoms with van der Waals surface area (Å²) in [5.74, 6) is -0.276. The number of anilines is 1. The molecule has 1 aliphatic rings. The van der Waals surface area contributed by atoms with E-state index >= 15 is 0 Å². The molecule has 0 aliphatic carbocycles. The molecule has 1 aliphatic heterocycles. The zero-order valence-corrected chi connectivity index (χ0v) is 20.9. The Kier molecular flexibility index (Phi) is 15.4. The molecular weight excluding hydrogens is 477 g/mol. The summed E-state index contributed by atoms with van der Waals surface area (Å²) in [7, 11) is 0. The number of halogens is 2. The van der Waals surface area contributed by atoms with Crippen LogP contribution in [-0.2, 0) is 23.9 Å². The van der Waals surface area contributed by atoms with Crippen LogP contribution in [0, 0.1) is 0 Å². The van der Waals surface area contributed by atoms with E-state index in [0.29, 0.717) is 25.1 Å². The van der Waals surface area contributed by atoms with Crippen molar-refractivity contribution in [3.63, 3.8) is 0 Å². The van der Waals surface area contributed by atoms with E-state index in [4.69, 9.17) is 15.2 Å². The summed E-state index contributed by atoms with van der Waals surface area (Å²) < 4.78 is 9.95. The summed E-state index contributed by atoms with van der Waals surface area (Å²) in [5.41, 5.74) is 6.16. The van der Waals surface area contributed by atoms with Gasteiger partial charge in [-0.2, -0.15) is 0 Å². The first kappa shape index (κ1) is 30.5. The Morgan fingerprint density at radius 3 is 2.62 bits per heavy atom. The molecule has 32 heavy (non-hydrogen) atoms. The van der Waals surface area contributed by atoms with Crippen molar-refractivity contribution in [2.45, 2.75) is 56.7 Å². The number of nitrogens with zero attached hydrogens (tertiary/aromatic N) is 1. The largest absolute Gasteiger partial charge is 0.465 e. The zero-order valence-electron chi connectivity index (χ0n) is 18.4. The van der Waals surface area contributed by atoms with Gasteiger partial charge in [0, 0.05) is 17.1 Å². The molecule has 0 bridgehead atoms. The van der Waals surface area contributed by atoms with Gasteiger partial charge < -0.3 is 14.8 Å². The van der Waals surface area contributed by atoms with Crippen molar-refractivity contribution in [3.05, 3.63) is 24.3 Å². The molecule has 3 N–H and O–H groups in total. The van der Waals surface area contributed by atoms with Gasteiger partial charge in [-0.05, 0) is 45.4 Å². The molecule has 1 amide bonds. The fourth-order valence-electron chi connectivity index (χ4n) is 3.11. The fourth-order valence-corrected chi connectivity index (χ4v) is 4.22. The maximum absolute atomic E-state index is 13.1. The summed E-state index contributed by atoms with van der Waals surface area (Å²) >= 11 is 1.59. The third kappa shape index (κ3) is 9.95. The average Bonchev–Trinajstić information content (AvgIpc) is 2.82. The number of hydrogen-bond donors (Lipinski definition) is 2. The van der Waals surface area contributed by atoms with Crippen molar-refractivity contribution in [1.82, 2.24) is 5.32 Å². The molecule has 1 aromatic rings. The predicted molar refractivity (Wildman–Crippen MR) is 131 cm³/mol. The molecule has 0 saturated heterocycles. The molecule has 0 aromatic heterocycles. The van der Waals surface area contributed by atoms with Crippen molar-refractivity contribution < 1.29 is 23.9 Å². The van der Waals surface area contributed by atoms with E-state index in [1.165, 1.54) is 4.90 Å². The molecule has 2 unspecified atom stereocenters. The monoisotopic (exact) mass is 509 g/mol. The van der Waals surface area contributed by atoms with Gasteiger partial charge in [0.15, 0.2) is 0 Å². The quantitative estimate of drug-likeness (QED) is 0.266. The molecule has 182 valence electrons. The number of amides is 1. The van der Waals surface area contributed by atoms with Crippen LogP contribution in [0.2, 0.25) is 0 Å². The minimum Gasteiger partial charge on any atom is -0.465 e. The maximum atomic E-state index is 13.1. The molecule has 0 fully saturated rings. The molecule has 11 heteroatoms. The van der Waals surface area contributed by atoms with E-state index in [0.717, 1.165) is 23.4 Å². The number of esters is 2. The van der Waals surface area contributed by atoms with Gasteiger partial charge in [-0.25, -0.2) is 0 Å². The van der Waals surface area contributed by atoms with Crippen LogP contribution in [0.3, 0.4) is 0 Å². The highest BCUT2D eigenvalue weighted by atomic mass is 35.5. The van der Waals surface area contributed by atoms with Crippen LogP contribution < -0.4 is 16.0 Å². The Morgan fingerprint density at radius 2 is 1.94 bits per heavy atom. The molecule has 2 rings (SSSR count). The number of carbonyl (C=O) groups excluding carboxylic acids is 3. The third-order valence-corrected chi connectivity index (χ3v) is 5.64. The highest BCUT2D eigenvalue weighted by molar-refractivity contribution is 7.99. The second-order valence-electron chi connectivity index (χ2n) is 7.02. The number of benzene rings is 1. The van der Waals surface area contributed by atoms with Crippen LogP contribution in [-0.4, -0.2) is 55.6 Å². The van der Waals surface area contributed by atoms with E-state index in [-0.39, 0.29) is 49.8 Å². The lowest BCUT2D eigenvalue weighted by Crippen LogP contribution is -2.49. The molecule has 8 nitrogen and oxygen atoms in total. The predicted octanol–water partition coefficient (Wildman–Crippen LogP) is 2.90. The van der Waals surface area contributed by atoms with Gasteiger partial charge in [0.2, 0.25) is 5.91 Å². The van der Waals surface area contributed by atoms with Crippen molar-refractivity contribution in [3.8, 4) is 0 Å². The summed E-state index contributed by atoms with van der Waals surface area (Å²) in [5, 5.41) is 3.30. The molecule has 1 heterocycles. The van der Waals surface area contributed by atoms with E-state index in [9.17, 15) is 14.4 Å². The maximum Gasteiger partial charge on any atom is 0.326 e. The first-order chi connectivity index (χ1) is 14.4. The summed E-state index contributed by atoms with van der Waals surface area (Å²) in [6.07, 6.45) is 2.12. The zero-order chi connectivity index (χ0) is 21.9. The van der Waals surface area contributed by atoms with Gasteiger partial charge in [-0.3, -0.25) is 25.0 Å². The summed E-state index contributed by atoms with van der Waals surface area (Å²) in [6, 6.07) is 7.18. The smallest absolute Gasteiger partial charge is 0.326 e. The Morgan fingerprint density at radius 1 is 1.22 bits per heavy atom.